The lowest BCUT2D eigenvalue weighted by molar-refractivity contribution is -0.117. The molecular weight excluding hydrogens is 513 g/mol. The van der Waals surface area contributed by atoms with Crippen molar-refractivity contribution in [3.05, 3.63) is 69.1 Å². The van der Waals surface area contributed by atoms with Crippen LogP contribution in [0.4, 0.5) is 5.13 Å². The van der Waals surface area contributed by atoms with E-state index in [2.05, 4.69) is 10.2 Å². The molecule has 1 atom stereocenters. The van der Waals surface area contributed by atoms with Crippen LogP contribution in [0.5, 0.6) is 5.75 Å². The Morgan fingerprint density at radius 1 is 1.21 bits per heavy atom. The SMILES string of the molecule is COc1ccc(C2C(C(=O)c3cccs3)=C(O)C(=O)N2c2nncs2)cc1.I. The first kappa shape index (κ1) is 20.4. The minimum absolute atomic E-state index is 0. The number of aliphatic hydroxyl groups excluding tert-OH is 1. The van der Waals surface area contributed by atoms with Gasteiger partial charge in [0.05, 0.1) is 23.6 Å². The molecule has 0 bridgehead atoms. The Balaban J connectivity index is 0.00000225. The monoisotopic (exact) mass is 527 g/mol. The van der Waals surface area contributed by atoms with Crippen LogP contribution in [0.15, 0.2) is 58.6 Å². The summed E-state index contributed by atoms with van der Waals surface area (Å²) in [5.41, 5.74) is 2.18. The maximum absolute atomic E-state index is 13.0. The molecule has 10 heteroatoms. The lowest BCUT2D eigenvalue weighted by atomic mass is 9.95. The van der Waals surface area contributed by atoms with E-state index in [1.165, 1.54) is 21.7 Å². The Labute approximate surface area is 185 Å². The van der Waals surface area contributed by atoms with Gasteiger partial charge in [0, 0.05) is 0 Å². The van der Waals surface area contributed by atoms with Gasteiger partial charge in [0.2, 0.25) is 10.9 Å². The summed E-state index contributed by atoms with van der Waals surface area (Å²) in [5.74, 6) is -0.981. The predicted molar refractivity (Wildman–Crippen MR) is 117 cm³/mol. The van der Waals surface area contributed by atoms with Gasteiger partial charge in [-0.3, -0.25) is 14.5 Å². The van der Waals surface area contributed by atoms with E-state index < -0.39 is 17.7 Å². The minimum atomic E-state index is -0.800. The van der Waals surface area contributed by atoms with Crippen molar-refractivity contribution in [2.24, 2.45) is 0 Å². The highest BCUT2D eigenvalue weighted by atomic mass is 127. The molecule has 1 N–H and O–H groups in total. The Hall–Kier alpha value is -2.31. The number of methoxy groups -OCH3 is 1. The number of aliphatic hydroxyl groups is 1. The molecule has 0 fully saturated rings. The first-order chi connectivity index (χ1) is 13.1. The molecule has 4 rings (SSSR count). The average Bonchev–Trinajstić information content (AvgIpc) is 3.44. The first-order valence-electron chi connectivity index (χ1n) is 7.87. The molecule has 1 aliphatic rings. The minimum Gasteiger partial charge on any atom is -0.503 e. The molecule has 7 nitrogen and oxygen atoms in total. The molecule has 1 aromatic carbocycles. The Morgan fingerprint density at radius 3 is 2.54 bits per heavy atom. The average molecular weight is 527 g/mol. The summed E-state index contributed by atoms with van der Waals surface area (Å²) in [6.07, 6.45) is 0. The fraction of sp³-hybridized carbons (Fsp3) is 0.111. The zero-order valence-corrected chi connectivity index (χ0v) is 18.4. The maximum Gasteiger partial charge on any atom is 0.296 e. The van der Waals surface area contributed by atoms with E-state index in [-0.39, 0.29) is 35.3 Å². The Kier molecular flexibility index (Phi) is 6.10. The van der Waals surface area contributed by atoms with Crippen molar-refractivity contribution in [2.45, 2.75) is 6.04 Å². The van der Waals surface area contributed by atoms with Crippen molar-refractivity contribution in [2.75, 3.05) is 12.0 Å². The topological polar surface area (TPSA) is 92.6 Å². The number of ether oxygens (including phenoxy) is 1. The quantitative estimate of drug-likeness (QED) is 0.398. The summed E-state index contributed by atoms with van der Waals surface area (Å²) < 4.78 is 5.18. The maximum atomic E-state index is 13.0. The van der Waals surface area contributed by atoms with E-state index in [4.69, 9.17) is 4.74 Å². The van der Waals surface area contributed by atoms with Gasteiger partial charge >= 0.3 is 0 Å². The number of rotatable bonds is 5. The lowest BCUT2D eigenvalue weighted by Gasteiger charge is -2.24. The van der Waals surface area contributed by atoms with Crippen LogP contribution < -0.4 is 9.64 Å². The largest absolute Gasteiger partial charge is 0.503 e. The third-order valence-electron chi connectivity index (χ3n) is 4.18. The Bertz CT molecular complexity index is 1020. The number of hydrogen-bond acceptors (Lipinski definition) is 8. The van der Waals surface area contributed by atoms with Gasteiger partial charge in [0.1, 0.15) is 11.3 Å². The summed E-state index contributed by atoms with van der Waals surface area (Å²) in [4.78, 5) is 27.6. The Morgan fingerprint density at radius 2 is 1.96 bits per heavy atom. The number of carbonyl (C=O) groups excluding carboxylic acids is 2. The molecule has 0 radical (unpaired) electrons. The van der Waals surface area contributed by atoms with Crippen molar-refractivity contribution in [1.82, 2.24) is 10.2 Å². The van der Waals surface area contributed by atoms with Gasteiger partial charge in [-0.15, -0.1) is 45.5 Å². The van der Waals surface area contributed by atoms with E-state index in [0.29, 0.717) is 21.3 Å². The van der Waals surface area contributed by atoms with Crippen LogP contribution in [0.1, 0.15) is 21.3 Å². The van der Waals surface area contributed by atoms with Crippen LogP contribution in [-0.4, -0.2) is 34.1 Å². The number of aromatic nitrogens is 2. The van der Waals surface area contributed by atoms with E-state index >= 15 is 0 Å². The van der Waals surface area contributed by atoms with Gasteiger partial charge in [0.15, 0.2) is 5.76 Å². The molecular formula is C18H14IN3O4S2. The van der Waals surface area contributed by atoms with Gasteiger partial charge in [0.25, 0.3) is 5.91 Å². The fourth-order valence-corrected chi connectivity index (χ4v) is 4.21. The highest BCUT2D eigenvalue weighted by Gasteiger charge is 2.46. The summed E-state index contributed by atoms with van der Waals surface area (Å²) in [6.45, 7) is 0. The fourth-order valence-electron chi connectivity index (χ4n) is 2.95. The highest BCUT2D eigenvalue weighted by Crippen LogP contribution is 2.42. The number of carbonyl (C=O) groups is 2. The van der Waals surface area contributed by atoms with Crippen LogP contribution in [0.2, 0.25) is 0 Å². The molecule has 0 spiro atoms. The number of thiophene rings is 1. The third-order valence-corrected chi connectivity index (χ3v) is 5.74. The lowest BCUT2D eigenvalue weighted by Crippen LogP contribution is -2.31. The van der Waals surface area contributed by atoms with Crippen LogP contribution in [0, 0.1) is 0 Å². The molecule has 144 valence electrons. The molecule has 2 aromatic heterocycles. The van der Waals surface area contributed by atoms with Gasteiger partial charge < -0.3 is 9.84 Å². The standard InChI is InChI=1S/C18H13N3O4S2.HI/c1-25-11-6-4-10(5-7-11)14-13(15(22)12-3-2-8-26-12)16(23)17(24)21(14)18-20-19-9-27-18;/h2-9,14,23H,1H3;1H. The van der Waals surface area contributed by atoms with Crippen LogP contribution >= 0.6 is 46.7 Å². The predicted octanol–water partition coefficient (Wildman–Crippen LogP) is 4.01. The summed E-state index contributed by atoms with van der Waals surface area (Å²) in [5, 5.41) is 20.3. The van der Waals surface area contributed by atoms with Gasteiger partial charge in [-0.05, 0) is 29.1 Å². The molecule has 1 unspecified atom stereocenters. The second-order valence-corrected chi connectivity index (χ2v) is 7.40. The zero-order valence-electron chi connectivity index (χ0n) is 14.4. The van der Waals surface area contributed by atoms with Crippen molar-refractivity contribution >= 4 is 63.5 Å². The second-order valence-electron chi connectivity index (χ2n) is 5.64. The van der Waals surface area contributed by atoms with Gasteiger partial charge in [-0.25, -0.2) is 0 Å². The van der Waals surface area contributed by atoms with Crippen LogP contribution in [0.3, 0.4) is 0 Å². The van der Waals surface area contributed by atoms with Crippen molar-refractivity contribution in [1.29, 1.82) is 0 Å². The number of anilines is 1. The van der Waals surface area contributed by atoms with Gasteiger partial charge in [-0.2, -0.15) is 0 Å². The molecule has 0 saturated heterocycles. The van der Waals surface area contributed by atoms with Gasteiger partial charge in [-0.1, -0.05) is 29.5 Å². The molecule has 0 saturated carbocycles. The normalized spacial score (nSPS) is 16.2. The highest BCUT2D eigenvalue weighted by molar-refractivity contribution is 14.0. The van der Waals surface area contributed by atoms with Crippen molar-refractivity contribution in [3.63, 3.8) is 0 Å². The van der Waals surface area contributed by atoms with E-state index in [0.717, 1.165) is 11.3 Å². The zero-order chi connectivity index (χ0) is 19.0. The van der Waals surface area contributed by atoms with E-state index in [9.17, 15) is 14.7 Å². The number of Topliss-reactive ketones (excluding diaryl/α,β-unsaturated/α-hetero) is 1. The van der Waals surface area contributed by atoms with Crippen molar-refractivity contribution < 1.29 is 19.4 Å². The summed E-state index contributed by atoms with van der Waals surface area (Å²) in [6, 6.07) is 9.59. The van der Waals surface area contributed by atoms with Crippen LogP contribution in [-0.2, 0) is 4.79 Å². The molecule has 3 aromatic rings. The third kappa shape index (κ3) is 3.42. The summed E-state index contributed by atoms with van der Waals surface area (Å²) >= 11 is 2.41. The number of ketones is 1. The number of halogens is 1. The number of nitrogens with zero attached hydrogens (tertiary/aromatic N) is 3. The van der Waals surface area contributed by atoms with Crippen LogP contribution in [0.25, 0.3) is 0 Å². The van der Waals surface area contributed by atoms with Crippen molar-refractivity contribution in [3.8, 4) is 5.75 Å². The number of amides is 1. The molecule has 3 heterocycles. The van der Waals surface area contributed by atoms with E-state index in [1.807, 2.05) is 0 Å². The molecule has 1 aliphatic heterocycles. The van der Waals surface area contributed by atoms with E-state index in [1.54, 1.807) is 48.9 Å². The number of benzene rings is 1. The second kappa shape index (κ2) is 8.37. The smallest absolute Gasteiger partial charge is 0.296 e. The molecule has 0 aliphatic carbocycles. The molecule has 1 amide bonds. The number of hydrogen-bond donors (Lipinski definition) is 1. The summed E-state index contributed by atoms with van der Waals surface area (Å²) in [7, 11) is 1.55. The first-order valence-corrected chi connectivity index (χ1v) is 9.62. The molecule has 28 heavy (non-hydrogen) atoms.